The number of hydrogen-bond donors (Lipinski definition) is 1. The van der Waals surface area contributed by atoms with Gasteiger partial charge in [-0.25, -0.2) is 0 Å². The molecule has 1 aliphatic rings. The lowest BCUT2D eigenvalue weighted by molar-refractivity contribution is -0.0500. The van der Waals surface area contributed by atoms with Crippen LogP contribution in [0.5, 0.6) is 11.5 Å². The van der Waals surface area contributed by atoms with Crippen molar-refractivity contribution >= 4 is 21.3 Å². The second kappa shape index (κ2) is 8.35. The average molecular weight is 460 g/mol. The molecule has 0 radical (unpaired) electrons. The van der Waals surface area contributed by atoms with E-state index in [2.05, 4.69) is 4.18 Å². The Bertz CT molecular complexity index is 1260. The molecule has 3 aromatic rings. The summed E-state index contributed by atoms with van der Waals surface area (Å²) in [6, 6.07) is 20.4. The van der Waals surface area contributed by atoms with Crippen LogP contribution in [0.15, 0.2) is 72.8 Å². The largest absolute Gasteiger partial charge is 0.534 e. The Balaban J connectivity index is 1.83. The highest BCUT2D eigenvalue weighted by Gasteiger charge is 2.48. The van der Waals surface area contributed by atoms with Crippen molar-refractivity contribution in [3.63, 3.8) is 0 Å². The van der Waals surface area contributed by atoms with Gasteiger partial charge in [-0.1, -0.05) is 48.5 Å². The van der Waals surface area contributed by atoms with Crippen LogP contribution in [0.2, 0.25) is 0 Å². The molecule has 0 aromatic heterocycles. The molecule has 0 amide bonds. The molecule has 1 N–H and O–H groups in total. The van der Waals surface area contributed by atoms with E-state index in [1.807, 2.05) is 36.4 Å². The van der Waals surface area contributed by atoms with Gasteiger partial charge in [-0.3, -0.25) is 0 Å². The smallest absolute Gasteiger partial charge is 0.508 e. The number of benzene rings is 3. The molecular weight excluding hydrogens is 441 g/mol. The highest BCUT2D eigenvalue weighted by Crippen LogP contribution is 2.41. The Morgan fingerprint density at radius 2 is 1.53 bits per heavy atom. The number of aromatic hydroxyl groups is 1. The number of aryl methyl sites for hydroxylation is 1. The molecule has 0 saturated heterocycles. The maximum atomic E-state index is 12.6. The summed E-state index contributed by atoms with van der Waals surface area (Å²) in [5.74, 6) is -0.264. The Labute approximate surface area is 183 Å². The Morgan fingerprint density at radius 3 is 2.19 bits per heavy atom. The summed E-state index contributed by atoms with van der Waals surface area (Å²) in [5.41, 5.74) is 0.0386. The van der Waals surface area contributed by atoms with Gasteiger partial charge in [-0.05, 0) is 76.9 Å². The van der Waals surface area contributed by atoms with E-state index < -0.39 is 21.4 Å². The minimum absolute atomic E-state index is 0.160. The molecule has 4 nitrogen and oxygen atoms in total. The third kappa shape index (κ3) is 4.36. The molecule has 4 rings (SSSR count). The fourth-order valence-electron chi connectivity index (χ4n) is 3.88. The zero-order valence-electron chi connectivity index (χ0n) is 16.8. The maximum Gasteiger partial charge on any atom is 0.534 e. The first-order valence-corrected chi connectivity index (χ1v) is 11.3. The van der Waals surface area contributed by atoms with E-state index in [9.17, 15) is 26.7 Å². The number of phenolic OH excluding ortho intramolecular Hbond substituents is 1. The normalized spacial score (nSPS) is 14.6. The van der Waals surface area contributed by atoms with Gasteiger partial charge in [0.05, 0.1) is 0 Å². The quantitative estimate of drug-likeness (QED) is 0.388. The van der Waals surface area contributed by atoms with Crippen LogP contribution in [-0.2, 0) is 16.5 Å². The summed E-state index contributed by atoms with van der Waals surface area (Å²) < 4.78 is 64.7. The van der Waals surface area contributed by atoms with Crippen LogP contribution in [0.3, 0.4) is 0 Å². The molecular formula is C24H19F3O4S. The van der Waals surface area contributed by atoms with Crippen LogP contribution in [0.1, 0.15) is 35.1 Å². The lowest BCUT2D eigenvalue weighted by atomic mass is 9.88. The van der Waals surface area contributed by atoms with Crippen LogP contribution in [-0.4, -0.2) is 19.0 Å². The van der Waals surface area contributed by atoms with Crippen LogP contribution in [0.25, 0.3) is 11.1 Å². The van der Waals surface area contributed by atoms with Crippen LogP contribution < -0.4 is 4.18 Å². The number of rotatable bonds is 4. The van der Waals surface area contributed by atoms with Gasteiger partial charge in [0.15, 0.2) is 0 Å². The molecule has 0 saturated carbocycles. The van der Waals surface area contributed by atoms with E-state index in [0.717, 1.165) is 47.1 Å². The van der Waals surface area contributed by atoms with Crippen molar-refractivity contribution in [2.24, 2.45) is 0 Å². The van der Waals surface area contributed by atoms with Gasteiger partial charge in [0, 0.05) is 0 Å². The zero-order chi connectivity index (χ0) is 22.9. The molecule has 0 fully saturated rings. The molecule has 3 aromatic carbocycles. The van der Waals surface area contributed by atoms with E-state index in [0.29, 0.717) is 5.56 Å². The molecule has 32 heavy (non-hydrogen) atoms. The van der Waals surface area contributed by atoms with Crippen molar-refractivity contribution in [2.45, 2.75) is 24.8 Å². The van der Waals surface area contributed by atoms with Gasteiger partial charge >= 0.3 is 15.6 Å². The van der Waals surface area contributed by atoms with E-state index in [1.54, 1.807) is 24.3 Å². The first kappa shape index (κ1) is 22.0. The first-order chi connectivity index (χ1) is 15.2. The highest BCUT2D eigenvalue weighted by atomic mass is 32.2. The third-order valence-corrected chi connectivity index (χ3v) is 6.27. The minimum atomic E-state index is -5.74. The molecule has 0 spiro atoms. The molecule has 0 atom stereocenters. The predicted molar refractivity (Wildman–Crippen MR) is 115 cm³/mol. The number of allylic oxidation sites excluding steroid dienone is 1. The molecule has 8 heteroatoms. The first-order valence-electron chi connectivity index (χ1n) is 9.88. The second-order valence-electron chi connectivity index (χ2n) is 7.42. The predicted octanol–water partition coefficient (Wildman–Crippen LogP) is 5.92. The Kier molecular flexibility index (Phi) is 5.73. The van der Waals surface area contributed by atoms with E-state index >= 15 is 0 Å². The van der Waals surface area contributed by atoms with Gasteiger partial charge in [0.1, 0.15) is 11.5 Å². The van der Waals surface area contributed by atoms with Gasteiger partial charge < -0.3 is 9.29 Å². The van der Waals surface area contributed by atoms with Gasteiger partial charge in [0.2, 0.25) is 0 Å². The molecule has 1 aliphatic carbocycles. The summed E-state index contributed by atoms with van der Waals surface area (Å²) in [6.07, 6.45) is 2.37. The highest BCUT2D eigenvalue weighted by molar-refractivity contribution is 7.88. The van der Waals surface area contributed by atoms with Gasteiger partial charge in [-0.2, -0.15) is 21.6 Å². The second-order valence-corrected chi connectivity index (χ2v) is 8.96. The molecule has 166 valence electrons. The molecule has 0 heterocycles. The van der Waals surface area contributed by atoms with Crippen LogP contribution in [0.4, 0.5) is 13.2 Å². The van der Waals surface area contributed by atoms with Crippen molar-refractivity contribution in [1.82, 2.24) is 0 Å². The topological polar surface area (TPSA) is 63.6 Å². The number of phenols is 1. The van der Waals surface area contributed by atoms with Crippen LogP contribution >= 0.6 is 0 Å². The number of hydrogen-bond acceptors (Lipinski definition) is 4. The minimum Gasteiger partial charge on any atom is -0.508 e. The van der Waals surface area contributed by atoms with Crippen molar-refractivity contribution in [3.05, 3.63) is 95.1 Å². The third-order valence-electron chi connectivity index (χ3n) is 5.29. The standard InChI is InChI=1S/C24H19F3O4S/c25-24(26,27)32(29,30)31-20-12-9-17(10-13-20)23-21(16-5-2-1-3-6-16)8-4-7-18-15-19(28)11-14-22(18)23/h1-3,5-6,9-15,28H,4,7-8H2. The maximum absolute atomic E-state index is 12.6. The molecule has 0 unspecified atom stereocenters. The lowest BCUT2D eigenvalue weighted by Gasteiger charge is -2.17. The molecule has 0 aliphatic heterocycles. The monoisotopic (exact) mass is 460 g/mol. The molecule has 0 bridgehead atoms. The number of alkyl halides is 3. The number of halogens is 3. The van der Waals surface area contributed by atoms with E-state index in [-0.39, 0.29) is 5.75 Å². The van der Waals surface area contributed by atoms with Crippen molar-refractivity contribution in [2.75, 3.05) is 0 Å². The van der Waals surface area contributed by atoms with Crippen LogP contribution in [0, 0.1) is 0 Å². The SMILES string of the molecule is O=S(=O)(Oc1ccc(C2=C(c3ccccc3)CCCc3cc(O)ccc32)cc1)C(F)(F)F. The van der Waals surface area contributed by atoms with Crippen molar-refractivity contribution < 1.29 is 30.9 Å². The summed E-state index contributed by atoms with van der Waals surface area (Å²) >= 11 is 0. The average Bonchev–Trinajstić information content (AvgIpc) is 2.93. The van der Waals surface area contributed by atoms with E-state index in [4.69, 9.17) is 0 Å². The summed E-state index contributed by atoms with van der Waals surface area (Å²) in [4.78, 5) is 0. The van der Waals surface area contributed by atoms with E-state index in [1.165, 1.54) is 12.1 Å². The fraction of sp³-hybridized carbons (Fsp3) is 0.167. The number of fused-ring (bicyclic) bond motifs is 1. The Hall–Kier alpha value is -3.26. The fourth-order valence-corrected chi connectivity index (χ4v) is 4.34. The van der Waals surface area contributed by atoms with Crippen molar-refractivity contribution in [3.8, 4) is 11.5 Å². The summed E-state index contributed by atoms with van der Waals surface area (Å²) in [7, 11) is -5.74. The van der Waals surface area contributed by atoms with Gasteiger partial charge in [0.25, 0.3) is 0 Å². The Morgan fingerprint density at radius 1 is 0.844 bits per heavy atom. The summed E-state index contributed by atoms with van der Waals surface area (Å²) in [6.45, 7) is 0. The lowest BCUT2D eigenvalue weighted by Crippen LogP contribution is -2.28. The van der Waals surface area contributed by atoms with Crippen molar-refractivity contribution in [1.29, 1.82) is 0 Å². The van der Waals surface area contributed by atoms with Gasteiger partial charge in [-0.15, -0.1) is 0 Å². The zero-order valence-corrected chi connectivity index (χ0v) is 17.6. The summed E-state index contributed by atoms with van der Waals surface area (Å²) in [5, 5.41) is 9.95.